The first-order chi connectivity index (χ1) is 16.5. The van der Waals surface area contributed by atoms with Crippen LogP contribution in [0.2, 0.25) is 0 Å². The van der Waals surface area contributed by atoms with Gasteiger partial charge in [0.15, 0.2) is 5.03 Å². The Morgan fingerprint density at radius 3 is 2.06 bits per heavy atom. The number of para-hydroxylation sites is 1. The second kappa shape index (κ2) is 9.37. The van der Waals surface area contributed by atoms with Crippen molar-refractivity contribution < 1.29 is 8.42 Å². The van der Waals surface area contributed by atoms with Gasteiger partial charge >= 0.3 is 0 Å². The molecule has 1 aromatic heterocycles. The largest absolute Gasteiger partial charge is 0.326 e. The van der Waals surface area contributed by atoms with Gasteiger partial charge in [-0.15, -0.1) is 0 Å². The molecule has 0 bridgehead atoms. The lowest BCUT2D eigenvalue weighted by Crippen LogP contribution is -2.33. The fraction of sp³-hybridized carbons (Fsp3) is 0.286. The van der Waals surface area contributed by atoms with Crippen LogP contribution in [0.25, 0.3) is 10.9 Å². The average molecular weight is 474 g/mol. The highest BCUT2D eigenvalue weighted by molar-refractivity contribution is 7.89. The molecule has 1 aliphatic heterocycles. The first-order valence-corrected chi connectivity index (χ1v) is 13.4. The maximum atomic E-state index is 13.7. The molecule has 0 spiro atoms. The van der Waals surface area contributed by atoms with E-state index in [2.05, 4.69) is 51.9 Å². The summed E-state index contributed by atoms with van der Waals surface area (Å²) in [6.07, 6.45) is 2.13. The summed E-state index contributed by atoms with van der Waals surface area (Å²) in [4.78, 5) is 0. The molecule has 2 unspecified atom stereocenters. The van der Waals surface area contributed by atoms with Gasteiger partial charge < -0.3 is 9.88 Å². The molecule has 2 N–H and O–H groups in total. The summed E-state index contributed by atoms with van der Waals surface area (Å²) in [5.41, 5.74) is 3.91. The van der Waals surface area contributed by atoms with Crippen molar-refractivity contribution in [2.75, 3.05) is 13.6 Å². The van der Waals surface area contributed by atoms with E-state index in [1.165, 1.54) is 7.05 Å². The molecule has 5 nitrogen and oxygen atoms in total. The fourth-order valence-electron chi connectivity index (χ4n) is 5.44. The first-order valence-electron chi connectivity index (χ1n) is 11.9. The van der Waals surface area contributed by atoms with E-state index in [1.54, 1.807) is 0 Å². The lowest BCUT2D eigenvalue weighted by molar-refractivity contribution is 0.395. The van der Waals surface area contributed by atoms with Crippen LogP contribution < -0.4 is 10.0 Å². The predicted molar refractivity (Wildman–Crippen MR) is 138 cm³/mol. The minimum absolute atomic E-state index is 0.0218. The van der Waals surface area contributed by atoms with Crippen LogP contribution in [-0.2, 0) is 10.0 Å². The molecule has 0 amide bonds. The molecule has 4 aromatic rings. The van der Waals surface area contributed by atoms with Crippen LogP contribution in [-0.4, -0.2) is 32.6 Å². The highest BCUT2D eigenvalue weighted by atomic mass is 32.2. The number of fused-ring (bicyclic) bond motifs is 1. The van der Waals surface area contributed by atoms with Crippen LogP contribution in [0, 0.1) is 0 Å². The minimum Gasteiger partial charge on any atom is -0.326 e. The zero-order chi connectivity index (χ0) is 23.7. The number of sulfonamides is 1. The van der Waals surface area contributed by atoms with Gasteiger partial charge in [0.1, 0.15) is 0 Å². The number of nitrogens with one attached hydrogen (secondary N) is 2. The summed E-state index contributed by atoms with van der Waals surface area (Å²) in [6, 6.07) is 28.7. The van der Waals surface area contributed by atoms with Crippen molar-refractivity contribution in [3.05, 3.63) is 102 Å². The Morgan fingerprint density at radius 1 is 0.912 bits per heavy atom. The molecule has 1 fully saturated rings. The van der Waals surface area contributed by atoms with Gasteiger partial charge in [0.05, 0.1) is 0 Å². The molecule has 176 valence electrons. The van der Waals surface area contributed by atoms with Crippen molar-refractivity contribution in [2.45, 2.75) is 42.8 Å². The monoisotopic (exact) mass is 473 g/mol. The van der Waals surface area contributed by atoms with Crippen molar-refractivity contribution in [1.82, 2.24) is 14.6 Å². The smallest absolute Gasteiger partial charge is 0.256 e. The fourth-order valence-corrected chi connectivity index (χ4v) is 6.67. The summed E-state index contributed by atoms with van der Waals surface area (Å²) in [5.74, 6) is -0.226. The van der Waals surface area contributed by atoms with Gasteiger partial charge in [-0.05, 0) is 50.6 Å². The van der Waals surface area contributed by atoms with Gasteiger partial charge in [-0.25, -0.2) is 13.1 Å². The van der Waals surface area contributed by atoms with Gasteiger partial charge in [-0.1, -0.05) is 78.9 Å². The zero-order valence-corrected chi connectivity index (χ0v) is 20.4. The minimum atomic E-state index is -3.77. The van der Waals surface area contributed by atoms with Crippen molar-refractivity contribution in [3.8, 4) is 0 Å². The van der Waals surface area contributed by atoms with Crippen LogP contribution in [0.3, 0.4) is 0 Å². The Labute approximate surface area is 201 Å². The Bertz CT molecular complexity index is 1340. The summed E-state index contributed by atoms with van der Waals surface area (Å²) in [6.45, 7) is 3.10. The molecular formula is C28H31N3O2S. The molecule has 0 saturated carbocycles. The van der Waals surface area contributed by atoms with Crippen LogP contribution in [0.1, 0.15) is 48.4 Å². The van der Waals surface area contributed by atoms with Crippen molar-refractivity contribution >= 4 is 20.9 Å². The van der Waals surface area contributed by atoms with Crippen molar-refractivity contribution in [1.29, 1.82) is 0 Å². The van der Waals surface area contributed by atoms with E-state index >= 15 is 0 Å². The maximum Gasteiger partial charge on any atom is 0.256 e. The molecule has 3 aromatic carbocycles. The third-order valence-electron chi connectivity index (χ3n) is 7.07. The topological polar surface area (TPSA) is 63.1 Å². The predicted octanol–water partition coefficient (Wildman–Crippen LogP) is 5.04. The van der Waals surface area contributed by atoms with Gasteiger partial charge in [0, 0.05) is 34.5 Å². The number of benzene rings is 3. The van der Waals surface area contributed by atoms with Gasteiger partial charge in [0.2, 0.25) is 0 Å². The molecule has 0 radical (unpaired) electrons. The Morgan fingerprint density at radius 2 is 1.50 bits per heavy atom. The molecule has 0 aliphatic carbocycles. The molecule has 6 heteroatoms. The lowest BCUT2D eigenvalue weighted by atomic mass is 9.85. The van der Waals surface area contributed by atoms with E-state index in [1.807, 2.05) is 54.6 Å². The van der Waals surface area contributed by atoms with E-state index in [0.717, 1.165) is 47.0 Å². The number of nitrogens with zero attached hydrogens (tertiary/aromatic N) is 1. The number of hydrogen-bond donors (Lipinski definition) is 2. The third kappa shape index (κ3) is 3.96. The normalized spacial score (nSPS) is 17.4. The first kappa shape index (κ1) is 22.8. The Balaban J connectivity index is 1.89. The molecule has 34 heavy (non-hydrogen) atoms. The average Bonchev–Trinajstić information content (AvgIpc) is 3.53. The van der Waals surface area contributed by atoms with Crippen molar-refractivity contribution in [2.24, 2.45) is 0 Å². The van der Waals surface area contributed by atoms with Crippen LogP contribution >= 0.6 is 0 Å². The van der Waals surface area contributed by atoms with Crippen LogP contribution in [0.15, 0.2) is 90.0 Å². The third-order valence-corrected chi connectivity index (χ3v) is 8.53. The summed E-state index contributed by atoms with van der Waals surface area (Å²) < 4.78 is 32.2. The van der Waals surface area contributed by atoms with E-state index in [0.29, 0.717) is 5.03 Å². The summed E-state index contributed by atoms with van der Waals surface area (Å²) in [7, 11) is -2.27. The zero-order valence-electron chi connectivity index (χ0n) is 19.6. The van der Waals surface area contributed by atoms with Crippen molar-refractivity contribution in [3.63, 3.8) is 0 Å². The Kier molecular flexibility index (Phi) is 6.30. The van der Waals surface area contributed by atoms with Crippen LogP contribution in [0.5, 0.6) is 0 Å². The molecule has 1 aliphatic rings. The van der Waals surface area contributed by atoms with Gasteiger partial charge in [-0.2, -0.15) is 0 Å². The maximum absolute atomic E-state index is 13.7. The molecule has 2 heterocycles. The van der Waals surface area contributed by atoms with Gasteiger partial charge in [0.25, 0.3) is 10.0 Å². The van der Waals surface area contributed by atoms with E-state index in [-0.39, 0.29) is 18.0 Å². The van der Waals surface area contributed by atoms with Crippen LogP contribution in [0.4, 0.5) is 0 Å². The lowest BCUT2D eigenvalue weighted by Gasteiger charge is -2.26. The number of aromatic nitrogens is 1. The second-order valence-electron chi connectivity index (χ2n) is 9.01. The summed E-state index contributed by atoms with van der Waals surface area (Å²) in [5, 5.41) is 4.91. The number of rotatable bonds is 7. The molecule has 5 rings (SSSR count). The number of hydrogen-bond acceptors (Lipinski definition) is 3. The highest BCUT2D eigenvalue weighted by Gasteiger charge is 2.36. The van der Waals surface area contributed by atoms with E-state index < -0.39 is 10.0 Å². The molecular weight excluding hydrogens is 442 g/mol. The molecule has 1 saturated heterocycles. The van der Waals surface area contributed by atoms with E-state index in [9.17, 15) is 8.42 Å². The second-order valence-corrected chi connectivity index (χ2v) is 10.8. The van der Waals surface area contributed by atoms with Gasteiger partial charge in [-0.3, -0.25) is 0 Å². The standard InChI is InChI=1S/C28H31N3O2S/c1-20(24-17-11-19-30-24)31-25-18-10-9-16-23(25)27(28(31)34(32,33)29-2)26(21-12-5-3-6-13-21)22-14-7-4-8-15-22/h3-10,12-16,18,20,24,26,29-30H,11,17,19H2,1-2H3. The molecule has 2 atom stereocenters. The highest BCUT2D eigenvalue weighted by Crippen LogP contribution is 2.43. The van der Waals surface area contributed by atoms with E-state index in [4.69, 9.17) is 0 Å². The SMILES string of the molecule is CNS(=O)(=O)c1c(C(c2ccccc2)c2ccccc2)c2ccccc2n1C(C)C1CCCN1. The Hall–Kier alpha value is -2.93. The quantitative estimate of drug-likeness (QED) is 0.395. The summed E-state index contributed by atoms with van der Waals surface area (Å²) >= 11 is 0.